The molecule has 25 heavy (non-hydrogen) atoms. The molecule has 0 aliphatic rings. The molecule has 0 aliphatic carbocycles. The molecule has 2 aromatic heterocycles. The molecule has 0 bridgehead atoms. The number of aromatic amines is 1. The molecule has 0 amide bonds. The molecule has 2 heterocycles. The predicted octanol–water partition coefficient (Wildman–Crippen LogP) is 4.01. The summed E-state index contributed by atoms with van der Waals surface area (Å²) in [6.45, 7) is 0. The molecule has 4 aromatic rings. The Morgan fingerprint density at radius 2 is 1.92 bits per heavy atom. The number of hydrogen-bond donors (Lipinski definition) is 2. The van der Waals surface area contributed by atoms with Gasteiger partial charge >= 0.3 is 0 Å². The average molecular weight is 338 g/mol. The van der Waals surface area contributed by atoms with Crippen LogP contribution in [0.15, 0.2) is 42.6 Å². The van der Waals surface area contributed by atoms with Crippen LogP contribution in [0.4, 0.5) is 15.9 Å². The first-order valence-electron chi connectivity index (χ1n) is 7.61. The lowest BCUT2D eigenvalue weighted by Gasteiger charge is -2.12. The normalized spacial score (nSPS) is 11.0. The Hall–Kier alpha value is -3.35. The van der Waals surface area contributed by atoms with Gasteiger partial charge in [-0.3, -0.25) is 5.10 Å². The molecule has 0 aliphatic heterocycles. The SMILES string of the molecule is COc1ccc(Nc2nc3cccc(F)c3c3cn[nH]c23)cc1OC. The van der Waals surface area contributed by atoms with Crippen LogP contribution in [-0.2, 0) is 0 Å². The summed E-state index contributed by atoms with van der Waals surface area (Å²) in [6, 6.07) is 10.3. The smallest absolute Gasteiger partial charge is 0.162 e. The number of methoxy groups -OCH3 is 2. The minimum Gasteiger partial charge on any atom is -0.493 e. The summed E-state index contributed by atoms with van der Waals surface area (Å²) in [7, 11) is 3.16. The second kappa shape index (κ2) is 5.94. The third kappa shape index (κ3) is 2.50. The molecule has 2 N–H and O–H groups in total. The Labute approximate surface area is 142 Å². The first kappa shape index (κ1) is 15.2. The number of benzene rings is 2. The number of ether oxygens (including phenoxy) is 2. The van der Waals surface area contributed by atoms with Crippen LogP contribution >= 0.6 is 0 Å². The third-order valence-electron chi connectivity index (χ3n) is 4.02. The molecule has 126 valence electrons. The Morgan fingerprint density at radius 1 is 1.08 bits per heavy atom. The minimum atomic E-state index is -0.325. The molecule has 0 saturated heterocycles. The molecular weight excluding hydrogens is 323 g/mol. The van der Waals surface area contributed by atoms with Gasteiger partial charge in [0.1, 0.15) is 11.3 Å². The number of nitrogens with zero attached hydrogens (tertiary/aromatic N) is 2. The van der Waals surface area contributed by atoms with E-state index in [1.807, 2.05) is 6.07 Å². The first-order chi connectivity index (χ1) is 12.2. The van der Waals surface area contributed by atoms with Crippen molar-refractivity contribution in [3.8, 4) is 11.5 Å². The zero-order valence-electron chi connectivity index (χ0n) is 13.6. The molecule has 2 aromatic carbocycles. The van der Waals surface area contributed by atoms with Crippen LogP contribution in [0.2, 0.25) is 0 Å². The van der Waals surface area contributed by atoms with Crippen LogP contribution in [0.25, 0.3) is 21.8 Å². The van der Waals surface area contributed by atoms with Crippen LogP contribution in [-0.4, -0.2) is 29.4 Å². The van der Waals surface area contributed by atoms with Crippen LogP contribution in [0.5, 0.6) is 11.5 Å². The van der Waals surface area contributed by atoms with Gasteiger partial charge in [0.25, 0.3) is 0 Å². The Balaban J connectivity index is 1.85. The molecule has 0 fully saturated rings. The number of fused-ring (bicyclic) bond motifs is 3. The van der Waals surface area contributed by atoms with Crippen molar-refractivity contribution < 1.29 is 13.9 Å². The van der Waals surface area contributed by atoms with Gasteiger partial charge in [0.15, 0.2) is 17.3 Å². The zero-order valence-corrected chi connectivity index (χ0v) is 13.6. The molecule has 0 atom stereocenters. The molecule has 6 nitrogen and oxygen atoms in total. The van der Waals surface area contributed by atoms with E-state index in [2.05, 4.69) is 20.5 Å². The maximum absolute atomic E-state index is 14.2. The lowest BCUT2D eigenvalue weighted by molar-refractivity contribution is 0.355. The quantitative estimate of drug-likeness (QED) is 0.588. The molecule has 4 rings (SSSR count). The van der Waals surface area contributed by atoms with Gasteiger partial charge < -0.3 is 14.8 Å². The fourth-order valence-electron chi connectivity index (χ4n) is 2.85. The maximum Gasteiger partial charge on any atom is 0.162 e. The van der Waals surface area contributed by atoms with E-state index in [1.54, 1.807) is 44.7 Å². The highest BCUT2D eigenvalue weighted by atomic mass is 19.1. The summed E-state index contributed by atoms with van der Waals surface area (Å²) in [5, 5.41) is 11.3. The summed E-state index contributed by atoms with van der Waals surface area (Å²) in [6.07, 6.45) is 1.60. The average Bonchev–Trinajstić information content (AvgIpc) is 3.11. The lowest BCUT2D eigenvalue weighted by Crippen LogP contribution is -1.98. The molecule has 0 saturated carbocycles. The van der Waals surface area contributed by atoms with Crippen molar-refractivity contribution in [3.05, 3.63) is 48.4 Å². The van der Waals surface area contributed by atoms with Crippen molar-refractivity contribution in [1.29, 1.82) is 0 Å². The standard InChI is InChI=1S/C18H15FN4O2/c1-24-14-7-6-10(8-15(14)25-2)21-18-17-11(9-20-23-17)16-12(19)4-3-5-13(16)22-18/h3-9H,1-2H3,(H,20,23)(H,21,22). The van der Waals surface area contributed by atoms with E-state index < -0.39 is 0 Å². The van der Waals surface area contributed by atoms with Gasteiger partial charge in [-0.25, -0.2) is 9.37 Å². The van der Waals surface area contributed by atoms with Crippen LogP contribution < -0.4 is 14.8 Å². The van der Waals surface area contributed by atoms with Crippen LogP contribution in [0.1, 0.15) is 0 Å². The third-order valence-corrected chi connectivity index (χ3v) is 4.02. The first-order valence-corrected chi connectivity index (χ1v) is 7.61. The number of halogens is 1. The largest absolute Gasteiger partial charge is 0.493 e. The zero-order chi connectivity index (χ0) is 17.4. The highest BCUT2D eigenvalue weighted by Crippen LogP contribution is 2.34. The van der Waals surface area contributed by atoms with E-state index in [9.17, 15) is 4.39 Å². The van der Waals surface area contributed by atoms with Crippen molar-refractivity contribution in [3.63, 3.8) is 0 Å². The van der Waals surface area contributed by atoms with Crippen molar-refractivity contribution in [1.82, 2.24) is 15.2 Å². The molecule has 7 heteroatoms. The van der Waals surface area contributed by atoms with E-state index in [0.29, 0.717) is 39.1 Å². The summed E-state index contributed by atoms with van der Waals surface area (Å²) in [4.78, 5) is 4.54. The second-order valence-corrected chi connectivity index (χ2v) is 5.45. The fraction of sp³-hybridized carbons (Fsp3) is 0.111. The van der Waals surface area contributed by atoms with Gasteiger partial charge in [0.05, 0.1) is 25.9 Å². The maximum atomic E-state index is 14.2. The monoisotopic (exact) mass is 338 g/mol. The van der Waals surface area contributed by atoms with Gasteiger partial charge in [0, 0.05) is 22.5 Å². The van der Waals surface area contributed by atoms with E-state index in [4.69, 9.17) is 9.47 Å². The van der Waals surface area contributed by atoms with Gasteiger partial charge in [0.2, 0.25) is 0 Å². The van der Waals surface area contributed by atoms with E-state index in [-0.39, 0.29) is 5.82 Å². The topological polar surface area (TPSA) is 72.1 Å². The minimum absolute atomic E-state index is 0.325. The van der Waals surface area contributed by atoms with Crippen molar-refractivity contribution in [2.24, 2.45) is 0 Å². The Morgan fingerprint density at radius 3 is 2.72 bits per heavy atom. The summed E-state index contributed by atoms with van der Waals surface area (Å²) < 4.78 is 24.8. The van der Waals surface area contributed by atoms with Gasteiger partial charge in [-0.1, -0.05) is 6.07 Å². The van der Waals surface area contributed by atoms with Crippen LogP contribution in [0.3, 0.4) is 0 Å². The van der Waals surface area contributed by atoms with E-state index in [0.717, 1.165) is 5.69 Å². The number of hydrogen-bond acceptors (Lipinski definition) is 5. The predicted molar refractivity (Wildman–Crippen MR) is 94.2 cm³/mol. The van der Waals surface area contributed by atoms with Crippen LogP contribution in [0, 0.1) is 5.82 Å². The molecule has 0 spiro atoms. The molecular formula is C18H15FN4O2. The second-order valence-electron chi connectivity index (χ2n) is 5.45. The molecule has 0 unspecified atom stereocenters. The highest BCUT2D eigenvalue weighted by Gasteiger charge is 2.14. The summed E-state index contributed by atoms with van der Waals surface area (Å²) in [5.41, 5.74) is 1.95. The Kier molecular flexibility index (Phi) is 3.61. The van der Waals surface area contributed by atoms with Crippen molar-refractivity contribution in [2.45, 2.75) is 0 Å². The number of rotatable bonds is 4. The van der Waals surface area contributed by atoms with Gasteiger partial charge in [-0.2, -0.15) is 5.10 Å². The molecule has 0 radical (unpaired) electrons. The van der Waals surface area contributed by atoms with E-state index >= 15 is 0 Å². The van der Waals surface area contributed by atoms with Gasteiger partial charge in [-0.15, -0.1) is 0 Å². The summed E-state index contributed by atoms with van der Waals surface area (Å²) in [5.74, 6) is 1.46. The van der Waals surface area contributed by atoms with Crippen molar-refractivity contribution >= 4 is 33.3 Å². The number of H-pyrrole nitrogens is 1. The number of anilines is 2. The van der Waals surface area contributed by atoms with E-state index in [1.165, 1.54) is 6.07 Å². The fourth-order valence-corrected chi connectivity index (χ4v) is 2.85. The number of pyridine rings is 1. The highest BCUT2D eigenvalue weighted by molar-refractivity contribution is 6.08. The lowest BCUT2D eigenvalue weighted by atomic mass is 10.1. The van der Waals surface area contributed by atoms with Gasteiger partial charge in [-0.05, 0) is 24.3 Å². The summed E-state index contributed by atoms with van der Waals surface area (Å²) >= 11 is 0. The number of aromatic nitrogens is 3. The van der Waals surface area contributed by atoms with Crippen molar-refractivity contribution in [2.75, 3.05) is 19.5 Å². The number of nitrogens with one attached hydrogen (secondary N) is 2. The Bertz CT molecular complexity index is 1080.